The van der Waals surface area contributed by atoms with Gasteiger partial charge in [0.25, 0.3) is 0 Å². The fraction of sp³-hybridized carbons (Fsp3) is 0.154. The molecule has 1 aliphatic heterocycles. The molecule has 33 heavy (non-hydrogen) atoms. The Labute approximate surface area is 200 Å². The second kappa shape index (κ2) is 9.39. The lowest BCUT2D eigenvalue weighted by molar-refractivity contribution is -0.136. The molecule has 166 valence electrons. The molecule has 0 spiro atoms. The zero-order valence-electron chi connectivity index (χ0n) is 18.1. The summed E-state index contributed by atoms with van der Waals surface area (Å²) in [4.78, 5) is 12.4. The minimum atomic E-state index is -0.546. The molecule has 0 saturated carbocycles. The van der Waals surface area contributed by atoms with E-state index in [1.54, 1.807) is 18.2 Å². The average molecular weight is 505 g/mol. The van der Waals surface area contributed by atoms with Crippen molar-refractivity contribution in [3.8, 4) is 23.3 Å². The maximum Gasteiger partial charge on any atom is 0.349 e. The highest BCUT2D eigenvalue weighted by molar-refractivity contribution is 9.10. The maximum atomic E-state index is 12.4. The molecule has 6 nitrogen and oxygen atoms in total. The van der Waals surface area contributed by atoms with Crippen LogP contribution in [-0.2, 0) is 4.79 Å². The van der Waals surface area contributed by atoms with Crippen LogP contribution in [0.3, 0.4) is 0 Å². The van der Waals surface area contributed by atoms with Crippen molar-refractivity contribution in [3.05, 3.63) is 98.8 Å². The van der Waals surface area contributed by atoms with E-state index in [2.05, 4.69) is 22.0 Å². The minimum absolute atomic E-state index is 0.0208. The minimum Gasteiger partial charge on any atom is -0.482 e. The monoisotopic (exact) mass is 504 g/mol. The van der Waals surface area contributed by atoms with Gasteiger partial charge in [-0.05, 0) is 48.7 Å². The number of fused-ring (bicyclic) bond motifs is 1. The number of carbonyl (C=O) groups excluding carboxylic acids is 1. The van der Waals surface area contributed by atoms with Crippen LogP contribution in [-0.4, -0.2) is 12.6 Å². The molecule has 1 aliphatic rings. The van der Waals surface area contributed by atoms with Gasteiger partial charge in [-0.15, -0.1) is 0 Å². The number of esters is 1. The zero-order chi connectivity index (χ0) is 23.5. The summed E-state index contributed by atoms with van der Waals surface area (Å²) in [5.41, 5.74) is 10.1. The van der Waals surface area contributed by atoms with Crippen molar-refractivity contribution in [1.82, 2.24) is 0 Å². The second-order valence-electron chi connectivity index (χ2n) is 7.61. The van der Waals surface area contributed by atoms with Crippen molar-refractivity contribution in [2.75, 3.05) is 6.61 Å². The number of nitrogens with zero attached hydrogens (tertiary/aromatic N) is 1. The summed E-state index contributed by atoms with van der Waals surface area (Å²) in [6.45, 7) is 3.68. The highest BCUT2D eigenvalue weighted by Gasteiger charge is 2.32. The molecule has 1 unspecified atom stereocenters. The molecular formula is C26H21BrN2O4. The van der Waals surface area contributed by atoms with Crippen molar-refractivity contribution in [3.63, 3.8) is 0 Å². The third kappa shape index (κ3) is 4.57. The van der Waals surface area contributed by atoms with E-state index in [0.29, 0.717) is 22.8 Å². The van der Waals surface area contributed by atoms with Crippen LogP contribution in [0.2, 0.25) is 0 Å². The number of carbonyl (C=O) groups is 1. The van der Waals surface area contributed by atoms with Gasteiger partial charge in [-0.1, -0.05) is 52.3 Å². The Hall–Kier alpha value is -3.76. The fourth-order valence-electron chi connectivity index (χ4n) is 3.71. The molecule has 1 atom stereocenters. The summed E-state index contributed by atoms with van der Waals surface area (Å²) < 4.78 is 17.6. The number of halogens is 1. The van der Waals surface area contributed by atoms with E-state index in [1.807, 2.05) is 56.3 Å². The first-order valence-electron chi connectivity index (χ1n) is 10.2. The van der Waals surface area contributed by atoms with Gasteiger partial charge >= 0.3 is 5.97 Å². The topological polar surface area (TPSA) is 94.6 Å². The first-order valence-corrected chi connectivity index (χ1v) is 11.0. The number of benzene rings is 3. The Balaban J connectivity index is 1.56. The van der Waals surface area contributed by atoms with Gasteiger partial charge < -0.3 is 19.9 Å². The Bertz CT molecular complexity index is 1310. The lowest BCUT2D eigenvalue weighted by atomic mass is 9.83. The Kier molecular flexibility index (Phi) is 6.38. The predicted octanol–water partition coefficient (Wildman–Crippen LogP) is 5.27. The summed E-state index contributed by atoms with van der Waals surface area (Å²) in [5.74, 6) is 0.420. The molecule has 0 bridgehead atoms. The number of hydrogen-bond donors (Lipinski definition) is 1. The van der Waals surface area contributed by atoms with Crippen LogP contribution in [0.25, 0.3) is 0 Å². The van der Waals surface area contributed by atoms with Gasteiger partial charge in [-0.25, -0.2) is 4.79 Å². The highest BCUT2D eigenvalue weighted by Crippen LogP contribution is 2.45. The fourth-order valence-corrected chi connectivity index (χ4v) is 4.22. The van der Waals surface area contributed by atoms with E-state index in [-0.39, 0.29) is 12.5 Å². The summed E-state index contributed by atoms with van der Waals surface area (Å²) >= 11 is 3.56. The van der Waals surface area contributed by atoms with Crippen molar-refractivity contribution >= 4 is 21.9 Å². The molecule has 0 amide bonds. The molecule has 0 saturated heterocycles. The Morgan fingerprint density at radius 1 is 1.12 bits per heavy atom. The molecule has 0 aliphatic carbocycles. The number of hydrogen-bond acceptors (Lipinski definition) is 6. The van der Waals surface area contributed by atoms with E-state index in [1.165, 1.54) is 0 Å². The smallest absolute Gasteiger partial charge is 0.349 e. The predicted molar refractivity (Wildman–Crippen MR) is 127 cm³/mol. The van der Waals surface area contributed by atoms with E-state index in [0.717, 1.165) is 26.7 Å². The summed E-state index contributed by atoms with van der Waals surface area (Å²) in [7, 11) is 0. The standard InChI is InChI=1S/C26H21BrN2O4/c1-15-6-5-9-22(16(15)2)31-14-24(30)32-17-10-11-19-23(12-17)33-26(29)20(13-28)25(19)18-7-3-4-8-21(18)27/h3-12,25H,14,29H2,1-2H3. The number of rotatable bonds is 5. The average Bonchev–Trinajstić information content (AvgIpc) is 2.79. The molecule has 3 aromatic carbocycles. The summed E-state index contributed by atoms with van der Waals surface area (Å²) in [5, 5.41) is 9.71. The molecule has 0 radical (unpaired) electrons. The van der Waals surface area contributed by atoms with Gasteiger partial charge in [0.2, 0.25) is 5.88 Å². The van der Waals surface area contributed by atoms with E-state index in [4.69, 9.17) is 19.9 Å². The molecule has 3 aromatic rings. The van der Waals surface area contributed by atoms with Gasteiger partial charge in [0.05, 0.1) is 5.92 Å². The first kappa shape index (κ1) is 22.4. The van der Waals surface area contributed by atoms with Crippen molar-refractivity contribution in [2.45, 2.75) is 19.8 Å². The molecule has 4 rings (SSSR count). The summed E-state index contributed by atoms with van der Waals surface area (Å²) in [6, 6.07) is 20.5. The molecule has 1 heterocycles. The van der Waals surface area contributed by atoms with Crippen LogP contribution in [0.5, 0.6) is 17.2 Å². The van der Waals surface area contributed by atoms with Gasteiger partial charge in [-0.2, -0.15) is 5.26 Å². The lowest BCUT2D eigenvalue weighted by Gasteiger charge is -2.27. The van der Waals surface area contributed by atoms with Crippen LogP contribution in [0.15, 0.2) is 76.6 Å². The largest absolute Gasteiger partial charge is 0.482 e. The third-order valence-corrected chi connectivity index (χ3v) is 6.26. The van der Waals surface area contributed by atoms with Crippen LogP contribution < -0.4 is 19.9 Å². The van der Waals surface area contributed by atoms with Crippen LogP contribution in [0, 0.1) is 25.2 Å². The maximum absolute atomic E-state index is 12.4. The van der Waals surface area contributed by atoms with Gasteiger partial charge in [-0.3, -0.25) is 0 Å². The van der Waals surface area contributed by atoms with Crippen molar-refractivity contribution < 1.29 is 19.0 Å². The van der Waals surface area contributed by atoms with Crippen molar-refractivity contribution in [1.29, 1.82) is 5.26 Å². The zero-order valence-corrected chi connectivity index (χ0v) is 19.7. The van der Waals surface area contributed by atoms with E-state index < -0.39 is 11.9 Å². The van der Waals surface area contributed by atoms with Crippen molar-refractivity contribution in [2.24, 2.45) is 5.73 Å². The quantitative estimate of drug-likeness (QED) is 0.375. The van der Waals surface area contributed by atoms with Gasteiger partial charge in [0.1, 0.15) is 28.9 Å². The van der Waals surface area contributed by atoms with E-state index >= 15 is 0 Å². The van der Waals surface area contributed by atoms with Crippen LogP contribution >= 0.6 is 15.9 Å². The SMILES string of the molecule is Cc1cccc(OCC(=O)Oc2ccc3c(c2)OC(N)=C(C#N)C3c2ccccc2Br)c1C. The molecule has 7 heteroatoms. The summed E-state index contributed by atoms with van der Waals surface area (Å²) in [6.07, 6.45) is 0. The number of nitriles is 1. The van der Waals surface area contributed by atoms with E-state index in [9.17, 15) is 10.1 Å². The normalized spacial score (nSPS) is 14.7. The Morgan fingerprint density at radius 2 is 1.91 bits per heavy atom. The number of nitrogens with two attached hydrogens (primary N) is 1. The molecular weight excluding hydrogens is 484 g/mol. The number of ether oxygens (including phenoxy) is 3. The van der Waals surface area contributed by atoms with Crippen LogP contribution in [0.4, 0.5) is 0 Å². The molecule has 0 aromatic heterocycles. The molecule has 0 fully saturated rings. The van der Waals surface area contributed by atoms with Gasteiger partial charge in [0.15, 0.2) is 6.61 Å². The third-order valence-electron chi connectivity index (χ3n) is 5.54. The van der Waals surface area contributed by atoms with Crippen LogP contribution in [0.1, 0.15) is 28.2 Å². The lowest BCUT2D eigenvalue weighted by Crippen LogP contribution is -2.22. The highest BCUT2D eigenvalue weighted by atomic mass is 79.9. The first-order chi connectivity index (χ1) is 15.9. The van der Waals surface area contributed by atoms with Gasteiger partial charge in [0, 0.05) is 16.1 Å². The molecule has 2 N–H and O–H groups in total. The number of allylic oxidation sites excluding steroid dienone is 1. The number of aryl methyl sites for hydroxylation is 1. The Morgan fingerprint density at radius 3 is 2.67 bits per heavy atom. The second-order valence-corrected chi connectivity index (χ2v) is 8.46.